The van der Waals surface area contributed by atoms with Gasteiger partial charge in [-0.2, -0.15) is 0 Å². The zero-order valence-corrected chi connectivity index (χ0v) is 17.8. The maximum atomic E-state index is 11.4. The van der Waals surface area contributed by atoms with Crippen LogP contribution in [0.15, 0.2) is 0 Å². The molecule has 0 radical (unpaired) electrons. The Morgan fingerprint density at radius 3 is 1.60 bits per heavy atom. The van der Waals surface area contributed by atoms with Crippen molar-refractivity contribution in [3.8, 4) is 0 Å². The third-order valence-electron chi connectivity index (χ3n) is 4.23. The lowest BCUT2D eigenvalue weighted by Gasteiger charge is -2.19. The average Bonchev–Trinajstić information content (AvgIpc) is 2.62. The molecular weight excluding hydrogens is 338 g/mol. The number of carbonyl (C=O) groups excluding carboxylic acids is 2. The van der Waals surface area contributed by atoms with Crippen LogP contribution in [-0.4, -0.2) is 67.6 Å². The molecule has 0 saturated heterocycles. The Labute approximate surface area is 155 Å². The molecule has 0 amide bonds. The van der Waals surface area contributed by atoms with Crippen molar-refractivity contribution in [1.82, 2.24) is 4.90 Å². The van der Waals surface area contributed by atoms with Crippen molar-refractivity contribution in [2.75, 3.05) is 41.0 Å². The third-order valence-corrected chi connectivity index (χ3v) is 5.43. The van der Waals surface area contributed by atoms with Gasteiger partial charge in [-0.15, -0.1) is 0 Å². The molecule has 0 aliphatic rings. The van der Waals surface area contributed by atoms with Crippen molar-refractivity contribution < 1.29 is 23.5 Å². The van der Waals surface area contributed by atoms with E-state index in [1.165, 1.54) is 65.2 Å². The standard InChI is InChI=1S/C18H37NO5Si/c1-22-17(20)15-19(16-18(21)23-2)13-11-9-7-5-4-6-8-10-12-14-25-24-3/h4-16,25H2,1-3H3. The molecule has 0 atom stereocenters. The average molecular weight is 376 g/mol. The number of nitrogens with zero attached hydrogens (tertiary/aromatic N) is 1. The van der Waals surface area contributed by atoms with Gasteiger partial charge in [0.15, 0.2) is 9.76 Å². The summed E-state index contributed by atoms with van der Waals surface area (Å²) in [6.45, 7) is 0.989. The molecule has 0 aliphatic carbocycles. The van der Waals surface area contributed by atoms with Crippen molar-refractivity contribution in [3.63, 3.8) is 0 Å². The number of methoxy groups -OCH3 is 2. The highest BCUT2D eigenvalue weighted by molar-refractivity contribution is 6.26. The minimum atomic E-state index is -0.322. The fourth-order valence-corrected chi connectivity index (χ4v) is 3.55. The summed E-state index contributed by atoms with van der Waals surface area (Å²) in [7, 11) is 4.32. The number of hydrogen-bond acceptors (Lipinski definition) is 6. The van der Waals surface area contributed by atoms with Crippen LogP contribution in [0.2, 0.25) is 6.04 Å². The van der Waals surface area contributed by atoms with Gasteiger partial charge in [-0.25, -0.2) is 0 Å². The molecule has 25 heavy (non-hydrogen) atoms. The van der Waals surface area contributed by atoms with E-state index in [2.05, 4.69) is 9.47 Å². The Morgan fingerprint density at radius 1 is 0.720 bits per heavy atom. The van der Waals surface area contributed by atoms with E-state index in [-0.39, 0.29) is 34.8 Å². The summed E-state index contributed by atoms with van der Waals surface area (Å²) >= 11 is 0. The van der Waals surface area contributed by atoms with E-state index in [9.17, 15) is 9.59 Å². The van der Waals surface area contributed by atoms with Crippen LogP contribution in [0, 0.1) is 0 Å². The lowest BCUT2D eigenvalue weighted by molar-refractivity contribution is -0.145. The first-order chi connectivity index (χ1) is 12.1. The predicted octanol–water partition coefficient (Wildman–Crippen LogP) is 2.29. The molecule has 0 saturated carbocycles. The Bertz CT molecular complexity index is 323. The fourth-order valence-electron chi connectivity index (χ4n) is 2.70. The quantitative estimate of drug-likeness (QED) is 0.221. The molecule has 6 nitrogen and oxygen atoms in total. The summed E-state index contributed by atoms with van der Waals surface area (Å²) in [6.07, 6.45) is 11.2. The van der Waals surface area contributed by atoms with Gasteiger partial charge in [-0.1, -0.05) is 51.4 Å². The topological polar surface area (TPSA) is 65.1 Å². The van der Waals surface area contributed by atoms with Crippen LogP contribution in [0.1, 0.15) is 57.8 Å². The summed E-state index contributed by atoms with van der Waals surface area (Å²) < 4.78 is 14.5. The Kier molecular flexibility index (Phi) is 17.2. The molecule has 0 aromatic carbocycles. The highest BCUT2D eigenvalue weighted by Gasteiger charge is 2.14. The number of unbranched alkanes of at least 4 members (excludes halogenated alkanes) is 8. The first-order valence-corrected chi connectivity index (χ1v) is 11.1. The number of esters is 2. The van der Waals surface area contributed by atoms with E-state index in [1.54, 1.807) is 4.90 Å². The summed E-state index contributed by atoms with van der Waals surface area (Å²) in [5.41, 5.74) is 0. The van der Waals surface area contributed by atoms with Gasteiger partial charge in [-0.3, -0.25) is 14.5 Å². The monoisotopic (exact) mass is 375 g/mol. The smallest absolute Gasteiger partial charge is 0.319 e. The minimum Gasteiger partial charge on any atom is -0.468 e. The van der Waals surface area contributed by atoms with Crippen LogP contribution in [0.25, 0.3) is 0 Å². The molecule has 0 bridgehead atoms. The maximum Gasteiger partial charge on any atom is 0.319 e. The van der Waals surface area contributed by atoms with Crippen LogP contribution in [0.5, 0.6) is 0 Å². The molecule has 0 unspecified atom stereocenters. The molecule has 0 aromatic heterocycles. The van der Waals surface area contributed by atoms with E-state index >= 15 is 0 Å². The van der Waals surface area contributed by atoms with Gasteiger partial charge < -0.3 is 13.9 Å². The third kappa shape index (κ3) is 16.3. The van der Waals surface area contributed by atoms with Gasteiger partial charge in [0.25, 0.3) is 0 Å². The van der Waals surface area contributed by atoms with Gasteiger partial charge in [-0.05, 0) is 19.0 Å². The Balaban J connectivity index is 3.60. The second kappa shape index (κ2) is 17.9. The molecule has 0 spiro atoms. The zero-order valence-electron chi connectivity index (χ0n) is 16.4. The number of rotatable bonds is 17. The first kappa shape index (κ1) is 24.1. The Hall–Kier alpha value is -0.923. The molecule has 0 fully saturated rings. The summed E-state index contributed by atoms with van der Waals surface area (Å²) in [6, 6.07) is 1.31. The molecule has 148 valence electrons. The van der Waals surface area contributed by atoms with Crippen molar-refractivity contribution in [1.29, 1.82) is 0 Å². The first-order valence-electron chi connectivity index (χ1n) is 9.49. The van der Waals surface area contributed by atoms with Gasteiger partial charge in [0.2, 0.25) is 0 Å². The van der Waals surface area contributed by atoms with Crippen LogP contribution in [0.4, 0.5) is 0 Å². The van der Waals surface area contributed by atoms with Crippen molar-refractivity contribution in [2.45, 2.75) is 63.8 Å². The minimum absolute atomic E-state index is 0.136. The summed E-state index contributed by atoms with van der Waals surface area (Å²) in [5, 5.41) is 0. The molecule has 0 aromatic rings. The van der Waals surface area contributed by atoms with E-state index in [0.29, 0.717) is 6.54 Å². The highest BCUT2D eigenvalue weighted by atomic mass is 28.2. The van der Waals surface area contributed by atoms with Crippen LogP contribution in [0.3, 0.4) is 0 Å². The van der Waals surface area contributed by atoms with Gasteiger partial charge >= 0.3 is 11.9 Å². The van der Waals surface area contributed by atoms with Crippen LogP contribution < -0.4 is 0 Å². The molecule has 0 rings (SSSR count). The highest BCUT2D eigenvalue weighted by Crippen LogP contribution is 2.11. The predicted molar refractivity (Wildman–Crippen MR) is 102 cm³/mol. The number of hydrogen-bond donors (Lipinski definition) is 0. The summed E-state index contributed by atoms with van der Waals surface area (Å²) in [5.74, 6) is -0.644. The Morgan fingerprint density at radius 2 is 1.16 bits per heavy atom. The van der Waals surface area contributed by atoms with Gasteiger partial charge in [0.1, 0.15) is 0 Å². The van der Waals surface area contributed by atoms with E-state index in [0.717, 1.165) is 12.8 Å². The molecule has 7 heteroatoms. The molecule has 0 heterocycles. The lowest BCUT2D eigenvalue weighted by Crippen LogP contribution is -2.36. The second-order valence-corrected chi connectivity index (χ2v) is 8.08. The fraction of sp³-hybridized carbons (Fsp3) is 0.889. The van der Waals surface area contributed by atoms with Gasteiger partial charge in [0.05, 0.1) is 27.3 Å². The van der Waals surface area contributed by atoms with E-state index in [4.69, 9.17) is 4.43 Å². The van der Waals surface area contributed by atoms with Crippen LogP contribution >= 0.6 is 0 Å². The second-order valence-electron chi connectivity index (χ2n) is 6.39. The summed E-state index contributed by atoms with van der Waals surface area (Å²) in [4.78, 5) is 24.6. The van der Waals surface area contributed by atoms with Crippen molar-refractivity contribution in [3.05, 3.63) is 0 Å². The van der Waals surface area contributed by atoms with Crippen LogP contribution in [-0.2, 0) is 23.5 Å². The molecule has 0 aliphatic heterocycles. The van der Waals surface area contributed by atoms with Crippen molar-refractivity contribution >= 4 is 21.7 Å². The lowest BCUT2D eigenvalue weighted by atomic mass is 10.1. The number of ether oxygens (including phenoxy) is 2. The van der Waals surface area contributed by atoms with E-state index in [1.807, 2.05) is 7.11 Å². The normalized spacial score (nSPS) is 11.4. The zero-order chi connectivity index (χ0) is 18.8. The molecule has 0 N–H and O–H groups in total. The van der Waals surface area contributed by atoms with Crippen molar-refractivity contribution in [2.24, 2.45) is 0 Å². The largest absolute Gasteiger partial charge is 0.468 e. The van der Waals surface area contributed by atoms with E-state index < -0.39 is 0 Å². The molecular formula is C18H37NO5Si. The number of carbonyl (C=O) groups is 2. The SMILES string of the molecule is CO[SiH2]CCCCCCCCCCCN(CC(=O)OC)CC(=O)OC. The van der Waals surface area contributed by atoms with Gasteiger partial charge in [0, 0.05) is 7.11 Å². The maximum absolute atomic E-state index is 11.4.